The molecule has 30 heavy (non-hydrogen) atoms. The fraction of sp³-hybridized carbons (Fsp3) is 0.250. The molecule has 2 aromatic rings. The van der Waals surface area contributed by atoms with Gasteiger partial charge < -0.3 is 5.73 Å². The minimum atomic E-state index is -3.80. The van der Waals surface area contributed by atoms with Crippen LogP contribution >= 0.6 is 11.6 Å². The number of carbonyl (C=O) groups is 3. The largest absolute Gasteiger partial charge is 0.334 e. The molecule has 160 valence electrons. The van der Waals surface area contributed by atoms with E-state index in [2.05, 4.69) is 14.4 Å². The Morgan fingerprint density at radius 3 is 2.37 bits per heavy atom. The van der Waals surface area contributed by atoms with Crippen LogP contribution in [0.2, 0.25) is 5.02 Å². The van der Waals surface area contributed by atoms with Gasteiger partial charge in [0.25, 0.3) is 11.8 Å². The minimum absolute atomic E-state index is 0.00223. The molecule has 10 heteroatoms. The summed E-state index contributed by atoms with van der Waals surface area (Å²) in [6.45, 7) is 3.75. The van der Waals surface area contributed by atoms with Gasteiger partial charge in [-0.25, -0.2) is 13.7 Å². The first-order valence-corrected chi connectivity index (χ1v) is 11.0. The SMILES string of the molecule is CC(C)CC(N)C(=O)N=S(=O)(NC(=O)NC(=O)c1ccccc1)c1cccc(Cl)c1. The molecule has 2 atom stereocenters. The van der Waals surface area contributed by atoms with Gasteiger partial charge in [-0.05, 0) is 42.7 Å². The van der Waals surface area contributed by atoms with Crippen LogP contribution in [0.4, 0.5) is 4.79 Å². The molecule has 2 rings (SSSR count). The Labute approximate surface area is 180 Å². The van der Waals surface area contributed by atoms with E-state index in [1.54, 1.807) is 18.2 Å². The highest BCUT2D eigenvalue weighted by Gasteiger charge is 2.23. The molecule has 0 saturated heterocycles. The molecule has 4 N–H and O–H groups in total. The molecule has 0 aromatic heterocycles. The van der Waals surface area contributed by atoms with E-state index in [9.17, 15) is 18.6 Å². The van der Waals surface area contributed by atoms with Crippen molar-refractivity contribution in [2.24, 2.45) is 16.0 Å². The van der Waals surface area contributed by atoms with Crippen LogP contribution in [0.25, 0.3) is 0 Å². The number of benzene rings is 2. The van der Waals surface area contributed by atoms with Crippen molar-refractivity contribution in [2.45, 2.75) is 31.2 Å². The van der Waals surface area contributed by atoms with Crippen molar-refractivity contribution >= 4 is 39.4 Å². The molecular weight excluding hydrogens is 428 g/mol. The number of amides is 4. The van der Waals surface area contributed by atoms with E-state index in [4.69, 9.17) is 17.3 Å². The van der Waals surface area contributed by atoms with Crippen LogP contribution < -0.4 is 15.8 Å². The van der Waals surface area contributed by atoms with Crippen LogP contribution in [0.5, 0.6) is 0 Å². The first kappa shape index (κ1) is 23.5. The maximum absolute atomic E-state index is 13.5. The summed E-state index contributed by atoms with van der Waals surface area (Å²) >= 11 is 5.96. The zero-order valence-electron chi connectivity index (χ0n) is 16.5. The Bertz CT molecular complexity index is 1050. The molecule has 0 aliphatic carbocycles. The maximum atomic E-state index is 13.5. The molecule has 0 radical (unpaired) electrons. The third-order valence-electron chi connectivity index (χ3n) is 3.87. The number of halogens is 1. The highest BCUT2D eigenvalue weighted by Crippen LogP contribution is 2.18. The minimum Gasteiger partial charge on any atom is -0.320 e. The molecule has 2 unspecified atom stereocenters. The lowest BCUT2D eigenvalue weighted by molar-refractivity contribution is -0.119. The number of nitrogens with two attached hydrogens (primary N) is 1. The molecule has 8 nitrogen and oxygen atoms in total. The van der Waals surface area contributed by atoms with E-state index in [0.29, 0.717) is 6.42 Å². The highest BCUT2D eigenvalue weighted by molar-refractivity contribution is 7.92. The van der Waals surface area contributed by atoms with Gasteiger partial charge in [0, 0.05) is 10.6 Å². The summed E-state index contributed by atoms with van der Waals surface area (Å²) in [4.78, 5) is 37.0. The van der Waals surface area contributed by atoms with Crippen LogP contribution in [0.3, 0.4) is 0 Å². The van der Waals surface area contributed by atoms with Gasteiger partial charge in [-0.3, -0.25) is 14.9 Å². The van der Waals surface area contributed by atoms with Gasteiger partial charge >= 0.3 is 6.03 Å². The van der Waals surface area contributed by atoms with Crippen molar-refractivity contribution in [2.75, 3.05) is 0 Å². The highest BCUT2D eigenvalue weighted by atomic mass is 35.5. The first-order chi connectivity index (χ1) is 14.1. The van der Waals surface area contributed by atoms with E-state index in [0.717, 1.165) is 0 Å². The predicted molar refractivity (Wildman–Crippen MR) is 115 cm³/mol. The average Bonchev–Trinajstić information content (AvgIpc) is 2.67. The van der Waals surface area contributed by atoms with Crippen LogP contribution in [0.1, 0.15) is 30.6 Å². The summed E-state index contributed by atoms with van der Waals surface area (Å²) in [5.41, 5.74) is 6.07. The second kappa shape index (κ2) is 10.3. The molecule has 4 amide bonds. The molecule has 0 spiro atoms. The van der Waals surface area contributed by atoms with Crippen molar-refractivity contribution in [3.8, 4) is 0 Å². The fourth-order valence-electron chi connectivity index (χ4n) is 2.49. The summed E-state index contributed by atoms with van der Waals surface area (Å²) in [7, 11) is -3.80. The van der Waals surface area contributed by atoms with Crippen molar-refractivity contribution in [3.05, 3.63) is 65.2 Å². The third kappa shape index (κ3) is 6.65. The monoisotopic (exact) mass is 450 g/mol. The number of nitrogens with one attached hydrogen (secondary N) is 2. The number of carbonyl (C=O) groups excluding carboxylic acids is 3. The lowest BCUT2D eigenvalue weighted by Gasteiger charge is -2.15. The zero-order chi connectivity index (χ0) is 22.3. The van der Waals surface area contributed by atoms with Gasteiger partial charge in [0.05, 0.1) is 10.9 Å². The normalized spacial score (nSPS) is 13.8. The van der Waals surface area contributed by atoms with Crippen molar-refractivity contribution in [3.63, 3.8) is 0 Å². The van der Waals surface area contributed by atoms with Crippen molar-refractivity contribution in [1.82, 2.24) is 10.0 Å². The van der Waals surface area contributed by atoms with Crippen molar-refractivity contribution in [1.29, 1.82) is 0 Å². The Balaban J connectivity index is 2.33. The molecular formula is C20H23ClN4O4S. The number of hydrogen-bond acceptors (Lipinski definition) is 5. The van der Waals surface area contributed by atoms with Crippen LogP contribution in [0.15, 0.2) is 63.9 Å². The quantitative estimate of drug-likeness (QED) is 0.622. The standard InChI is InChI=1S/C20H23ClN4O4S/c1-13(2)11-17(22)19(27)24-30(29,16-10-6-9-15(21)12-16)25-20(28)23-18(26)14-7-4-3-5-8-14/h3-10,12-13,17H,11,22H2,1-2H3,(H2,23,24,25,26,27,28,29). The molecule has 0 heterocycles. The summed E-state index contributed by atoms with van der Waals surface area (Å²) in [6, 6.07) is 11.7. The van der Waals surface area contributed by atoms with E-state index in [1.165, 1.54) is 36.4 Å². The number of imide groups is 1. The lowest BCUT2D eigenvalue weighted by Crippen LogP contribution is -2.43. The van der Waals surface area contributed by atoms with Crippen molar-refractivity contribution < 1.29 is 18.6 Å². The zero-order valence-corrected chi connectivity index (χ0v) is 18.1. The summed E-state index contributed by atoms with van der Waals surface area (Å²) < 4.78 is 19.3. The van der Waals surface area contributed by atoms with E-state index < -0.39 is 33.8 Å². The third-order valence-corrected chi connectivity index (χ3v) is 5.90. The van der Waals surface area contributed by atoms with Crippen LogP contribution in [-0.2, 0) is 14.7 Å². The number of nitrogens with zero attached hydrogens (tertiary/aromatic N) is 1. The molecule has 0 saturated carbocycles. The number of rotatable bonds is 6. The molecule has 2 aromatic carbocycles. The first-order valence-electron chi connectivity index (χ1n) is 9.11. The van der Waals surface area contributed by atoms with E-state index in [1.807, 2.05) is 13.8 Å². The maximum Gasteiger partial charge on any atom is 0.334 e. The van der Waals surface area contributed by atoms with Gasteiger partial charge in [0.15, 0.2) is 9.92 Å². The second-order valence-electron chi connectivity index (χ2n) is 6.90. The summed E-state index contributed by atoms with van der Waals surface area (Å²) in [5, 5.41) is 2.30. The molecule has 0 aliphatic heterocycles. The Morgan fingerprint density at radius 2 is 1.77 bits per heavy atom. The van der Waals surface area contributed by atoms with Gasteiger partial charge in [-0.1, -0.05) is 49.7 Å². The lowest BCUT2D eigenvalue weighted by atomic mass is 10.0. The summed E-state index contributed by atoms with van der Waals surface area (Å²) in [6.07, 6.45) is 0.325. The molecule has 0 aliphatic rings. The topological polar surface area (TPSA) is 131 Å². The van der Waals surface area contributed by atoms with E-state index in [-0.39, 0.29) is 21.4 Å². The Kier molecular flexibility index (Phi) is 8.10. The van der Waals surface area contributed by atoms with Crippen LogP contribution in [-0.4, -0.2) is 28.1 Å². The van der Waals surface area contributed by atoms with Gasteiger partial charge in [0.2, 0.25) is 0 Å². The Morgan fingerprint density at radius 1 is 1.10 bits per heavy atom. The smallest absolute Gasteiger partial charge is 0.320 e. The van der Waals surface area contributed by atoms with E-state index >= 15 is 0 Å². The number of hydrogen-bond donors (Lipinski definition) is 3. The van der Waals surface area contributed by atoms with Crippen LogP contribution in [0, 0.1) is 5.92 Å². The second-order valence-corrected chi connectivity index (χ2v) is 9.25. The van der Waals surface area contributed by atoms with Gasteiger partial charge in [-0.15, -0.1) is 4.36 Å². The molecule has 0 bridgehead atoms. The fourth-order valence-corrected chi connectivity index (χ4v) is 4.26. The van der Waals surface area contributed by atoms with Gasteiger partial charge in [-0.2, -0.15) is 0 Å². The summed E-state index contributed by atoms with van der Waals surface area (Å²) in [5.74, 6) is -1.42. The Hall–Kier alpha value is -2.75. The molecule has 0 fully saturated rings. The average molecular weight is 451 g/mol. The predicted octanol–water partition coefficient (Wildman–Crippen LogP) is 3.12. The van der Waals surface area contributed by atoms with Gasteiger partial charge in [0.1, 0.15) is 0 Å². The number of urea groups is 1.